The fourth-order valence-corrected chi connectivity index (χ4v) is 1.15. The number of alkyl halides is 3. The SMILES string of the molecule is CCCNc1ncnc(OCC(F)(F)F)c1C. The Morgan fingerprint density at radius 1 is 1.35 bits per heavy atom. The molecule has 0 radical (unpaired) electrons. The van der Waals surface area contributed by atoms with Crippen LogP contribution in [0.3, 0.4) is 0 Å². The van der Waals surface area contributed by atoms with Gasteiger partial charge in [-0.2, -0.15) is 13.2 Å². The highest BCUT2D eigenvalue weighted by molar-refractivity contribution is 5.47. The van der Waals surface area contributed by atoms with Crippen LogP contribution in [-0.2, 0) is 0 Å². The maximum Gasteiger partial charge on any atom is 0.422 e. The molecule has 7 heteroatoms. The molecule has 1 N–H and O–H groups in total. The molecule has 1 rings (SSSR count). The molecule has 0 aliphatic heterocycles. The lowest BCUT2D eigenvalue weighted by molar-refractivity contribution is -0.154. The van der Waals surface area contributed by atoms with Crippen LogP contribution >= 0.6 is 0 Å². The molecule has 0 saturated heterocycles. The Labute approximate surface area is 97.2 Å². The predicted octanol–water partition coefficient (Wildman–Crippen LogP) is 2.55. The molecule has 0 aliphatic rings. The van der Waals surface area contributed by atoms with Gasteiger partial charge in [-0.25, -0.2) is 9.97 Å². The summed E-state index contributed by atoms with van der Waals surface area (Å²) in [6.45, 7) is 2.93. The summed E-state index contributed by atoms with van der Waals surface area (Å²) in [5.41, 5.74) is 0.477. The molecule has 96 valence electrons. The van der Waals surface area contributed by atoms with Gasteiger partial charge in [-0.15, -0.1) is 0 Å². The van der Waals surface area contributed by atoms with Gasteiger partial charge in [0, 0.05) is 6.54 Å². The van der Waals surface area contributed by atoms with Crippen LogP contribution in [-0.4, -0.2) is 29.3 Å². The van der Waals surface area contributed by atoms with Gasteiger partial charge in [0.05, 0.1) is 5.56 Å². The zero-order valence-electron chi connectivity index (χ0n) is 9.64. The topological polar surface area (TPSA) is 47.0 Å². The monoisotopic (exact) mass is 249 g/mol. The van der Waals surface area contributed by atoms with Crippen LogP contribution in [0, 0.1) is 6.92 Å². The average Bonchev–Trinajstić information content (AvgIpc) is 2.25. The van der Waals surface area contributed by atoms with E-state index in [9.17, 15) is 13.2 Å². The molecule has 0 atom stereocenters. The minimum Gasteiger partial charge on any atom is -0.468 e. The number of nitrogens with zero attached hydrogens (tertiary/aromatic N) is 2. The van der Waals surface area contributed by atoms with Crippen molar-refractivity contribution in [2.24, 2.45) is 0 Å². The Kier molecular flexibility index (Phi) is 4.53. The van der Waals surface area contributed by atoms with E-state index in [4.69, 9.17) is 0 Å². The molecule has 1 aromatic rings. The third kappa shape index (κ3) is 4.46. The van der Waals surface area contributed by atoms with Gasteiger partial charge in [0.2, 0.25) is 5.88 Å². The summed E-state index contributed by atoms with van der Waals surface area (Å²) in [5, 5.41) is 2.99. The number of rotatable bonds is 5. The van der Waals surface area contributed by atoms with Gasteiger partial charge in [-0.3, -0.25) is 0 Å². The van der Waals surface area contributed by atoms with Crippen molar-refractivity contribution in [2.75, 3.05) is 18.5 Å². The van der Waals surface area contributed by atoms with Gasteiger partial charge in [0.25, 0.3) is 0 Å². The summed E-state index contributed by atoms with van der Waals surface area (Å²) in [6.07, 6.45) is -2.30. The van der Waals surface area contributed by atoms with Crippen LogP contribution in [0.1, 0.15) is 18.9 Å². The highest BCUT2D eigenvalue weighted by atomic mass is 19.4. The van der Waals surface area contributed by atoms with E-state index in [0.29, 0.717) is 17.9 Å². The molecule has 0 unspecified atom stereocenters. The summed E-state index contributed by atoms with van der Waals surface area (Å²) in [7, 11) is 0. The molecule has 17 heavy (non-hydrogen) atoms. The van der Waals surface area contributed by atoms with Gasteiger partial charge in [0.1, 0.15) is 12.1 Å². The first-order chi connectivity index (χ1) is 7.94. The molecule has 0 amide bonds. The van der Waals surface area contributed by atoms with Crippen LogP contribution in [0.5, 0.6) is 5.88 Å². The van der Waals surface area contributed by atoms with E-state index in [2.05, 4.69) is 20.0 Å². The van der Waals surface area contributed by atoms with Gasteiger partial charge in [-0.1, -0.05) is 6.92 Å². The number of aromatic nitrogens is 2. The molecule has 0 aromatic carbocycles. The van der Waals surface area contributed by atoms with Crippen molar-refractivity contribution in [1.82, 2.24) is 9.97 Å². The van der Waals surface area contributed by atoms with Gasteiger partial charge < -0.3 is 10.1 Å². The van der Waals surface area contributed by atoms with Crippen LogP contribution in [0.15, 0.2) is 6.33 Å². The van der Waals surface area contributed by atoms with Crippen molar-refractivity contribution in [3.05, 3.63) is 11.9 Å². The minimum absolute atomic E-state index is 0.0454. The molecule has 1 heterocycles. The van der Waals surface area contributed by atoms with Crippen molar-refractivity contribution in [2.45, 2.75) is 26.4 Å². The highest BCUT2D eigenvalue weighted by Gasteiger charge is 2.29. The predicted molar refractivity (Wildman–Crippen MR) is 57.1 cm³/mol. The molecule has 0 fully saturated rings. The van der Waals surface area contributed by atoms with E-state index >= 15 is 0 Å². The van der Waals surface area contributed by atoms with Crippen molar-refractivity contribution < 1.29 is 17.9 Å². The Hall–Kier alpha value is -1.53. The van der Waals surface area contributed by atoms with Crippen molar-refractivity contribution in [1.29, 1.82) is 0 Å². The molecule has 0 spiro atoms. The van der Waals surface area contributed by atoms with E-state index in [1.54, 1.807) is 6.92 Å². The number of nitrogens with one attached hydrogen (secondary N) is 1. The fraction of sp³-hybridized carbons (Fsp3) is 0.600. The standard InChI is InChI=1S/C10H14F3N3O/c1-3-4-14-8-7(2)9(16-6-15-8)17-5-10(11,12)13/h6H,3-5H2,1-2H3,(H,14,15,16). The molecular weight excluding hydrogens is 235 g/mol. The first-order valence-electron chi connectivity index (χ1n) is 5.19. The Morgan fingerprint density at radius 2 is 2.06 bits per heavy atom. The van der Waals surface area contributed by atoms with Crippen LogP contribution in [0.4, 0.5) is 19.0 Å². The second-order valence-electron chi connectivity index (χ2n) is 3.48. The van der Waals surface area contributed by atoms with Crippen molar-refractivity contribution in [3.8, 4) is 5.88 Å². The Balaban J connectivity index is 2.72. The zero-order chi connectivity index (χ0) is 12.9. The van der Waals surface area contributed by atoms with Gasteiger partial charge in [0.15, 0.2) is 6.61 Å². The minimum atomic E-state index is -4.37. The molecule has 0 aliphatic carbocycles. The smallest absolute Gasteiger partial charge is 0.422 e. The molecule has 0 bridgehead atoms. The first kappa shape index (κ1) is 13.5. The second kappa shape index (κ2) is 5.70. The fourth-order valence-electron chi connectivity index (χ4n) is 1.15. The lowest BCUT2D eigenvalue weighted by atomic mass is 10.3. The molecule has 4 nitrogen and oxygen atoms in total. The summed E-state index contributed by atoms with van der Waals surface area (Å²) in [6, 6.07) is 0. The number of hydrogen-bond acceptors (Lipinski definition) is 4. The molecular formula is C10H14F3N3O. The van der Waals surface area contributed by atoms with Crippen LogP contribution < -0.4 is 10.1 Å². The van der Waals surface area contributed by atoms with Gasteiger partial charge in [-0.05, 0) is 13.3 Å². The maximum atomic E-state index is 12.0. The molecule has 1 aromatic heterocycles. The lowest BCUT2D eigenvalue weighted by Crippen LogP contribution is -2.20. The Morgan fingerprint density at radius 3 is 2.65 bits per heavy atom. The lowest BCUT2D eigenvalue weighted by Gasteiger charge is -2.12. The van der Waals surface area contributed by atoms with E-state index < -0.39 is 12.8 Å². The van der Waals surface area contributed by atoms with E-state index in [1.807, 2.05) is 6.92 Å². The van der Waals surface area contributed by atoms with Gasteiger partial charge >= 0.3 is 6.18 Å². The van der Waals surface area contributed by atoms with E-state index in [1.165, 1.54) is 6.33 Å². The largest absolute Gasteiger partial charge is 0.468 e. The highest BCUT2D eigenvalue weighted by Crippen LogP contribution is 2.23. The number of ether oxygens (including phenoxy) is 1. The van der Waals surface area contributed by atoms with Crippen molar-refractivity contribution >= 4 is 5.82 Å². The summed E-state index contributed by atoms with van der Waals surface area (Å²) in [4.78, 5) is 7.61. The number of anilines is 1. The van der Waals surface area contributed by atoms with Crippen LogP contribution in [0.2, 0.25) is 0 Å². The second-order valence-corrected chi connectivity index (χ2v) is 3.48. The number of halogens is 3. The normalized spacial score (nSPS) is 11.4. The Bertz CT molecular complexity index is 368. The van der Waals surface area contributed by atoms with Crippen LogP contribution in [0.25, 0.3) is 0 Å². The average molecular weight is 249 g/mol. The maximum absolute atomic E-state index is 12.0. The third-order valence-corrected chi connectivity index (χ3v) is 1.95. The molecule has 0 saturated carbocycles. The first-order valence-corrected chi connectivity index (χ1v) is 5.19. The van der Waals surface area contributed by atoms with E-state index in [-0.39, 0.29) is 5.88 Å². The summed E-state index contributed by atoms with van der Waals surface area (Å²) >= 11 is 0. The summed E-state index contributed by atoms with van der Waals surface area (Å²) < 4.78 is 40.6. The number of hydrogen-bond donors (Lipinski definition) is 1. The zero-order valence-corrected chi connectivity index (χ0v) is 9.64. The van der Waals surface area contributed by atoms with E-state index in [0.717, 1.165) is 6.42 Å². The third-order valence-electron chi connectivity index (χ3n) is 1.95. The summed E-state index contributed by atoms with van der Waals surface area (Å²) in [5.74, 6) is 0.454. The van der Waals surface area contributed by atoms with Crippen molar-refractivity contribution in [3.63, 3.8) is 0 Å². The quantitative estimate of drug-likeness (QED) is 0.871.